The normalized spacial score (nSPS) is 21.6. The Labute approximate surface area is 180 Å². The van der Waals surface area contributed by atoms with Gasteiger partial charge in [-0.05, 0) is 29.8 Å². The predicted octanol–water partition coefficient (Wildman–Crippen LogP) is 1.55. The van der Waals surface area contributed by atoms with Crippen LogP contribution < -0.4 is 4.90 Å². The molecule has 6 nitrogen and oxygen atoms in total. The van der Waals surface area contributed by atoms with E-state index in [0.29, 0.717) is 12.1 Å². The number of amides is 1. The smallest absolute Gasteiger partial charge is 0.295 e. The molecule has 2 aromatic rings. The Hall–Kier alpha value is -3.03. The van der Waals surface area contributed by atoms with Crippen LogP contribution in [-0.2, 0) is 14.3 Å². The first-order valence-electron chi connectivity index (χ1n) is 10.6. The fourth-order valence-electron chi connectivity index (χ4n) is 4.27. The van der Waals surface area contributed by atoms with E-state index < -0.39 is 23.5 Å². The second kappa shape index (κ2) is 9.41. The van der Waals surface area contributed by atoms with Crippen LogP contribution in [0, 0.1) is 5.82 Å². The number of likely N-dealkylation sites (tertiary alicyclic amines) is 1. The zero-order valence-electron chi connectivity index (χ0n) is 17.2. The van der Waals surface area contributed by atoms with Gasteiger partial charge in [0.1, 0.15) is 24.7 Å². The summed E-state index contributed by atoms with van der Waals surface area (Å²) in [4.78, 5) is 28.8. The lowest BCUT2D eigenvalue weighted by Gasteiger charge is -2.27. The summed E-state index contributed by atoms with van der Waals surface area (Å²) >= 11 is 0. The van der Waals surface area contributed by atoms with Crippen LogP contribution in [0.25, 0.3) is 5.76 Å². The molecule has 2 N–H and O–H groups in total. The van der Waals surface area contributed by atoms with Crippen molar-refractivity contribution in [2.75, 3.05) is 39.4 Å². The van der Waals surface area contributed by atoms with Gasteiger partial charge in [-0.2, -0.15) is 0 Å². The highest BCUT2D eigenvalue weighted by Crippen LogP contribution is 2.39. The fraction of sp³-hybridized carbons (Fsp3) is 0.333. The number of hydrogen-bond acceptors (Lipinski definition) is 4. The first-order valence-corrected chi connectivity index (χ1v) is 10.6. The molecule has 1 amide bonds. The van der Waals surface area contributed by atoms with Crippen molar-refractivity contribution in [1.29, 1.82) is 0 Å². The number of benzene rings is 2. The fourth-order valence-corrected chi connectivity index (χ4v) is 4.27. The van der Waals surface area contributed by atoms with Gasteiger partial charge in [0.05, 0.1) is 31.4 Å². The quantitative estimate of drug-likeness (QED) is 0.419. The molecule has 2 saturated heterocycles. The molecule has 0 spiro atoms. The lowest BCUT2D eigenvalue weighted by Crippen LogP contribution is -3.14. The lowest BCUT2D eigenvalue weighted by atomic mass is 9.95. The molecule has 2 aliphatic heterocycles. The number of ketones is 1. The zero-order chi connectivity index (χ0) is 21.8. The molecule has 7 heteroatoms. The number of nitrogens with zero attached hydrogens (tertiary/aromatic N) is 1. The highest BCUT2D eigenvalue weighted by Gasteiger charge is 2.45. The molecule has 1 atom stereocenters. The second-order valence-electron chi connectivity index (χ2n) is 7.88. The monoisotopic (exact) mass is 425 g/mol. The van der Waals surface area contributed by atoms with E-state index in [9.17, 15) is 19.1 Å². The Bertz CT molecular complexity index is 969. The number of morpholine rings is 1. The van der Waals surface area contributed by atoms with Crippen molar-refractivity contribution in [1.82, 2.24) is 4.90 Å². The summed E-state index contributed by atoms with van der Waals surface area (Å²) in [6.45, 7) is 4.64. The SMILES string of the molecule is O=C1C(=O)N(CCC[NH+]2CCOCC2)[C@@H](c2ccccc2)C1=C(O)c1ccc(F)cc1. The van der Waals surface area contributed by atoms with Crippen molar-refractivity contribution in [2.45, 2.75) is 12.5 Å². The maximum Gasteiger partial charge on any atom is 0.295 e. The molecule has 162 valence electrons. The average Bonchev–Trinajstić information content (AvgIpc) is 3.05. The Balaban J connectivity index is 1.64. The van der Waals surface area contributed by atoms with E-state index in [0.717, 1.165) is 44.8 Å². The summed E-state index contributed by atoms with van der Waals surface area (Å²) in [5.74, 6) is -2.06. The number of carbonyl (C=O) groups is 2. The molecule has 2 aliphatic rings. The van der Waals surface area contributed by atoms with E-state index in [2.05, 4.69) is 0 Å². The first-order chi connectivity index (χ1) is 15.1. The molecule has 0 aliphatic carbocycles. The summed E-state index contributed by atoms with van der Waals surface area (Å²) in [5, 5.41) is 10.9. The molecule has 2 heterocycles. The summed E-state index contributed by atoms with van der Waals surface area (Å²) in [5.41, 5.74) is 1.10. The maximum absolute atomic E-state index is 13.3. The summed E-state index contributed by atoms with van der Waals surface area (Å²) in [6.07, 6.45) is 0.738. The average molecular weight is 425 g/mol. The number of hydrogen-bond donors (Lipinski definition) is 2. The third kappa shape index (κ3) is 4.52. The third-order valence-corrected chi connectivity index (χ3v) is 5.90. The highest BCUT2D eigenvalue weighted by molar-refractivity contribution is 6.46. The molecule has 2 fully saturated rings. The van der Waals surface area contributed by atoms with Crippen LogP contribution in [0.15, 0.2) is 60.2 Å². The Morgan fingerprint density at radius 3 is 2.42 bits per heavy atom. The van der Waals surface area contributed by atoms with E-state index in [4.69, 9.17) is 4.74 Å². The van der Waals surface area contributed by atoms with Crippen LogP contribution in [0.5, 0.6) is 0 Å². The largest absolute Gasteiger partial charge is 0.507 e. The number of halogens is 1. The number of rotatable bonds is 6. The van der Waals surface area contributed by atoms with Gasteiger partial charge in [0.15, 0.2) is 0 Å². The van der Waals surface area contributed by atoms with Crippen molar-refractivity contribution in [3.63, 3.8) is 0 Å². The minimum absolute atomic E-state index is 0.0431. The molecule has 0 unspecified atom stereocenters. The van der Waals surface area contributed by atoms with Crippen LogP contribution in [-0.4, -0.2) is 61.1 Å². The number of ether oxygens (including phenoxy) is 1. The summed E-state index contributed by atoms with van der Waals surface area (Å²) in [7, 11) is 0. The minimum atomic E-state index is -0.714. The lowest BCUT2D eigenvalue weighted by molar-refractivity contribution is -0.908. The van der Waals surface area contributed by atoms with Gasteiger partial charge in [-0.1, -0.05) is 30.3 Å². The van der Waals surface area contributed by atoms with E-state index >= 15 is 0 Å². The number of aliphatic hydroxyl groups excluding tert-OH is 1. The number of Topliss-reactive ketones (excluding diaryl/α,β-unsaturated/α-hetero) is 1. The van der Waals surface area contributed by atoms with Crippen molar-refractivity contribution in [2.24, 2.45) is 0 Å². The standard InChI is InChI=1S/C24H25FN2O4/c25-19-9-7-18(8-10-19)22(28)20-21(17-5-2-1-3-6-17)27(24(30)23(20)29)12-4-11-26-13-15-31-16-14-26/h1-3,5-10,21,28H,4,11-16H2/p+1/t21-/m0/s1. The van der Waals surface area contributed by atoms with Gasteiger partial charge in [-0.25, -0.2) is 4.39 Å². The van der Waals surface area contributed by atoms with Gasteiger partial charge < -0.3 is 19.6 Å². The van der Waals surface area contributed by atoms with E-state index in [1.165, 1.54) is 29.2 Å². The van der Waals surface area contributed by atoms with Crippen LogP contribution >= 0.6 is 0 Å². The van der Waals surface area contributed by atoms with Crippen LogP contribution in [0.1, 0.15) is 23.6 Å². The molecular weight excluding hydrogens is 399 g/mol. The third-order valence-electron chi connectivity index (χ3n) is 5.90. The van der Waals surface area contributed by atoms with Crippen molar-refractivity contribution < 1.29 is 28.7 Å². The maximum atomic E-state index is 13.3. The van der Waals surface area contributed by atoms with Crippen molar-refractivity contribution in [3.8, 4) is 0 Å². The van der Waals surface area contributed by atoms with Crippen molar-refractivity contribution in [3.05, 3.63) is 77.1 Å². The van der Waals surface area contributed by atoms with E-state index in [1.807, 2.05) is 30.3 Å². The van der Waals surface area contributed by atoms with Crippen LogP contribution in [0.2, 0.25) is 0 Å². The Morgan fingerprint density at radius 2 is 1.74 bits per heavy atom. The summed E-state index contributed by atoms with van der Waals surface area (Å²) < 4.78 is 18.7. The molecule has 0 bridgehead atoms. The van der Waals surface area contributed by atoms with Gasteiger partial charge in [0.25, 0.3) is 11.7 Å². The molecule has 0 aromatic heterocycles. The molecule has 2 aromatic carbocycles. The molecule has 0 saturated carbocycles. The number of nitrogens with one attached hydrogen (secondary N) is 1. The number of carbonyl (C=O) groups excluding carboxylic acids is 2. The van der Waals surface area contributed by atoms with E-state index in [1.54, 1.807) is 4.90 Å². The molecule has 31 heavy (non-hydrogen) atoms. The second-order valence-corrected chi connectivity index (χ2v) is 7.88. The first kappa shape index (κ1) is 21.2. The Morgan fingerprint density at radius 1 is 1.06 bits per heavy atom. The van der Waals surface area contributed by atoms with Gasteiger partial charge in [-0.3, -0.25) is 9.59 Å². The van der Waals surface area contributed by atoms with Crippen LogP contribution in [0.3, 0.4) is 0 Å². The molecule has 0 radical (unpaired) electrons. The summed E-state index contributed by atoms with van der Waals surface area (Å²) in [6, 6.07) is 13.8. The zero-order valence-corrected chi connectivity index (χ0v) is 17.2. The Kier molecular flexibility index (Phi) is 6.44. The molecular formula is C24H26FN2O4+. The minimum Gasteiger partial charge on any atom is -0.507 e. The van der Waals surface area contributed by atoms with Crippen molar-refractivity contribution >= 4 is 17.4 Å². The van der Waals surface area contributed by atoms with Gasteiger partial charge in [-0.15, -0.1) is 0 Å². The number of quaternary nitrogens is 1. The van der Waals surface area contributed by atoms with Crippen LogP contribution in [0.4, 0.5) is 4.39 Å². The predicted molar refractivity (Wildman–Crippen MR) is 113 cm³/mol. The molecule has 4 rings (SSSR count). The van der Waals surface area contributed by atoms with Gasteiger partial charge in [0.2, 0.25) is 0 Å². The van der Waals surface area contributed by atoms with Gasteiger partial charge in [0, 0.05) is 18.5 Å². The van der Waals surface area contributed by atoms with E-state index in [-0.39, 0.29) is 11.3 Å². The highest BCUT2D eigenvalue weighted by atomic mass is 19.1. The number of aliphatic hydroxyl groups is 1. The topological polar surface area (TPSA) is 71.3 Å². The van der Waals surface area contributed by atoms with Gasteiger partial charge >= 0.3 is 0 Å².